The van der Waals surface area contributed by atoms with E-state index in [0.717, 1.165) is 44.9 Å². The molecule has 3 N–H and O–H groups in total. The molecule has 0 aromatic rings. The molecule has 3 heteroatoms. The van der Waals surface area contributed by atoms with E-state index in [2.05, 4.69) is 5.32 Å². The first-order valence-corrected chi connectivity index (χ1v) is 5.88. The van der Waals surface area contributed by atoms with Gasteiger partial charge in [-0.25, -0.2) is 0 Å². The molecule has 0 saturated heterocycles. The minimum Gasteiger partial charge on any atom is -0.393 e. The van der Waals surface area contributed by atoms with Crippen LogP contribution in [0.1, 0.15) is 44.9 Å². The lowest BCUT2D eigenvalue weighted by Gasteiger charge is -2.30. The van der Waals surface area contributed by atoms with Crippen LogP contribution >= 0.6 is 0 Å². The SMILES string of the molecule is OC1CCC(NC2CCCC2O)CC1. The maximum Gasteiger partial charge on any atom is 0.0693 e. The van der Waals surface area contributed by atoms with Gasteiger partial charge in [-0.1, -0.05) is 0 Å². The van der Waals surface area contributed by atoms with Gasteiger partial charge in [0.25, 0.3) is 0 Å². The summed E-state index contributed by atoms with van der Waals surface area (Å²) in [5.41, 5.74) is 0. The fourth-order valence-corrected chi connectivity index (χ4v) is 2.68. The highest BCUT2D eigenvalue weighted by atomic mass is 16.3. The van der Waals surface area contributed by atoms with E-state index in [0.29, 0.717) is 12.1 Å². The molecule has 0 aliphatic heterocycles. The Morgan fingerprint density at radius 2 is 1.57 bits per heavy atom. The van der Waals surface area contributed by atoms with Crippen LogP contribution in [0.25, 0.3) is 0 Å². The van der Waals surface area contributed by atoms with Crippen LogP contribution in [0, 0.1) is 0 Å². The fourth-order valence-electron chi connectivity index (χ4n) is 2.68. The van der Waals surface area contributed by atoms with Gasteiger partial charge in [0.05, 0.1) is 12.2 Å². The summed E-state index contributed by atoms with van der Waals surface area (Å²) in [5, 5.41) is 22.5. The van der Waals surface area contributed by atoms with Gasteiger partial charge in [-0.3, -0.25) is 0 Å². The Kier molecular flexibility index (Phi) is 3.42. The maximum atomic E-state index is 9.66. The maximum absolute atomic E-state index is 9.66. The van der Waals surface area contributed by atoms with Crippen LogP contribution in [0.5, 0.6) is 0 Å². The molecule has 2 rings (SSSR count). The van der Waals surface area contributed by atoms with Gasteiger partial charge in [-0.2, -0.15) is 0 Å². The molecular weight excluding hydrogens is 178 g/mol. The van der Waals surface area contributed by atoms with Crippen molar-refractivity contribution in [1.29, 1.82) is 0 Å². The predicted molar refractivity (Wildman–Crippen MR) is 55.0 cm³/mol. The van der Waals surface area contributed by atoms with Gasteiger partial charge >= 0.3 is 0 Å². The van der Waals surface area contributed by atoms with Gasteiger partial charge in [0.1, 0.15) is 0 Å². The summed E-state index contributed by atoms with van der Waals surface area (Å²) < 4.78 is 0. The van der Waals surface area contributed by atoms with Crippen LogP contribution in [-0.2, 0) is 0 Å². The van der Waals surface area contributed by atoms with E-state index in [1.54, 1.807) is 0 Å². The van der Waals surface area contributed by atoms with Crippen molar-refractivity contribution in [2.45, 2.75) is 69.2 Å². The van der Waals surface area contributed by atoms with Gasteiger partial charge in [0, 0.05) is 12.1 Å². The molecular formula is C11H21NO2. The quantitative estimate of drug-likeness (QED) is 0.616. The van der Waals surface area contributed by atoms with Crippen molar-refractivity contribution in [3.8, 4) is 0 Å². The second-order valence-corrected chi connectivity index (χ2v) is 4.78. The highest BCUT2D eigenvalue weighted by Crippen LogP contribution is 2.23. The summed E-state index contributed by atoms with van der Waals surface area (Å²) in [5.74, 6) is 0. The van der Waals surface area contributed by atoms with Crippen molar-refractivity contribution in [2.24, 2.45) is 0 Å². The van der Waals surface area contributed by atoms with Crippen LogP contribution in [0.15, 0.2) is 0 Å². The van der Waals surface area contributed by atoms with E-state index in [9.17, 15) is 10.2 Å². The zero-order chi connectivity index (χ0) is 9.97. The highest BCUT2D eigenvalue weighted by molar-refractivity contribution is 4.87. The summed E-state index contributed by atoms with van der Waals surface area (Å²) in [7, 11) is 0. The standard InChI is InChI=1S/C11H21NO2/c13-9-6-4-8(5-7-9)12-10-2-1-3-11(10)14/h8-14H,1-7H2. The molecule has 0 aromatic heterocycles. The molecule has 0 heterocycles. The summed E-state index contributed by atoms with van der Waals surface area (Å²) >= 11 is 0. The Morgan fingerprint density at radius 3 is 2.14 bits per heavy atom. The first kappa shape index (κ1) is 10.4. The van der Waals surface area contributed by atoms with Gasteiger partial charge in [0.2, 0.25) is 0 Å². The Hall–Kier alpha value is -0.120. The van der Waals surface area contributed by atoms with E-state index in [1.807, 2.05) is 0 Å². The molecule has 0 spiro atoms. The number of nitrogens with one attached hydrogen (secondary N) is 1. The van der Waals surface area contributed by atoms with E-state index < -0.39 is 0 Å². The summed E-state index contributed by atoms with van der Waals surface area (Å²) in [4.78, 5) is 0. The van der Waals surface area contributed by atoms with Gasteiger partial charge < -0.3 is 15.5 Å². The number of aliphatic hydroxyl groups excluding tert-OH is 2. The van der Waals surface area contributed by atoms with E-state index in [4.69, 9.17) is 0 Å². The third-order valence-corrected chi connectivity index (χ3v) is 3.63. The monoisotopic (exact) mass is 199 g/mol. The molecule has 0 amide bonds. The van der Waals surface area contributed by atoms with Gasteiger partial charge in [-0.05, 0) is 44.9 Å². The van der Waals surface area contributed by atoms with Gasteiger partial charge in [-0.15, -0.1) is 0 Å². The highest BCUT2D eigenvalue weighted by Gasteiger charge is 2.28. The first-order chi connectivity index (χ1) is 6.75. The molecule has 2 fully saturated rings. The number of hydrogen-bond acceptors (Lipinski definition) is 3. The Morgan fingerprint density at radius 1 is 0.857 bits per heavy atom. The number of aliphatic hydroxyl groups is 2. The smallest absolute Gasteiger partial charge is 0.0693 e. The van der Waals surface area contributed by atoms with Gasteiger partial charge in [0.15, 0.2) is 0 Å². The second kappa shape index (κ2) is 4.60. The van der Waals surface area contributed by atoms with Crippen LogP contribution in [0.3, 0.4) is 0 Å². The Bertz CT molecular complexity index is 178. The second-order valence-electron chi connectivity index (χ2n) is 4.78. The van der Waals surface area contributed by atoms with Crippen molar-refractivity contribution < 1.29 is 10.2 Å². The average molecular weight is 199 g/mol. The van der Waals surface area contributed by atoms with Crippen LogP contribution in [-0.4, -0.2) is 34.5 Å². The zero-order valence-corrected chi connectivity index (χ0v) is 8.65. The van der Waals surface area contributed by atoms with E-state index >= 15 is 0 Å². The molecule has 0 aromatic carbocycles. The van der Waals surface area contributed by atoms with Crippen LogP contribution < -0.4 is 5.32 Å². The summed E-state index contributed by atoms with van der Waals surface area (Å²) in [6.07, 6.45) is 6.94. The first-order valence-electron chi connectivity index (χ1n) is 5.88. The van der Waals surface area contributed by atoms with Crippen molar-refractivity contribution in [3.05, 3.63) is 0 Å². The Balaban J connectivity index is 1.74. The lowest BCUT2D eigenvalue weighted by atomic mass is 9.92. The van der Waals surface area contributed by atoms with E-state index in [-0.39, 0.29) is 12.2 Å². The third kappa shape index (κ3) is 2.47. The topological polar surface area (TPSA) is 52.5 Å². The lowest BCUT2D eigenvalue weighted by Crippen LogP contribution is -2.44. The Labute approximate surface area is 85.5 Å². The van der Waals surface area contributed by atoms with Crippen LogP contribution in [0.2, 0.25) is 0 Å². The molecule has 0 bridgehead atoms. The predicted octanol–water partition coefficient (Wildman–Crippen LogP) is 0.793. The van der Waals surface area contributed by atoms with Crippen molar-refractivity contribution >= 4 is 0 Å². The molecule has 3 nitrogen and oxygen atoms in total. The minimum absolute atomic E-state index is 0.0819. The molecule has 2 aliphatic carbocycles. The summed E-state index contributed by atoms with van der Waals surface area (Å²) in [6, 6.07) is 0.839. The average Bonchev–Trinajstić information content (AvgIpc) is 2.56. The lowest BCUT2D eigenvalue weighted by molar-refractivity contribution is 0.0999. The molecule has 82 valence electrons. The van der Waals surface area contributed by atoms with Crippen molar-refractivity contribution in [3.63, 3.8) is 0 Å². The zero-order valence-electron chi connectivity index (χ0n) is 8.65. The molecule has 14 heavy (non-hydrogen) atoms. The summed E-state index contributed by atoms with van der Waals surface area (Å²) in [6.45, 7) is 0. The normalized spacial score (nSPS) is 44.1. The molecule has 2 atom stereocenters. The molecule has 2 saturated carbocycles. The molecule has 2 aliphatic rings. The largest absolute Gasteiger partial charge is 0.393 e. The fraction of sp³-hybridized carbons (Fsp3) is 1.00. The van der Waals surface area contributed by atoms with Crippen LogP contribution in [0.4, 0.5) is 0 Å². The number of rotatable bonds is 2. The third-order valence-electron chi connectivity index (χ3n) is 3.63. The molecule has 0 radical (unpaired) electrons. The van der Waals surface area contributed by atoms with E-state index in [1.165, 1.54) is 0 Å². The minimum atomic E-state index is -0.137. The van der Waals surface area contributed by atoms with Crippen molar-refractivity contribution in [1.82, 2.24) is 5.32 Å². The number of hydrogen-bond donors (Lipinski definition) is 3. The van der Waals surface area contributed by atoms with Crippen molar-refractivity contribution in [2.75, 3.05) is 0 Å². The molecule has 2 unspecified atom stereocenters.